The predicted molar refractivity (Wildman–Crippen MR) is 70.2 cm³/mol. The number of alkyl halides is 6. The fourth-order valence-electron chi connectivity index (χ4n) is 0.809. The smallest absolute Gasteiger partial charge is 0.120 e. The van der Waals surface area contributed by atoms with Gasteiger partial charge in [0.1, 0.15) is 14.5 Å². The summed E-state index contributed by atoms with van der Waals surface area (Å²) in [4.78, 5) is 0.303. The standard InChI is InChI=1S/C6H9Cl6N.ClH/c7-4(8)1-13(2-5(9)10)3-6(11)12;/h4-6H,1-3H2;1H. The molecule has 0 aromatic rings. The Labute approximate surface area is 120 Å². The molecule has 88 valence electrons. The summed E-state index contributed by atoms with van der Waals surface area (Å²) in [5.41, 5.74) is 0. The molecular weight excluding hydrogens is 334 g/mol. The van der Waals surface area contributed by atoms with Crippen LogP contribution in [0.3, 0.4) is 0 Å². The van der Waals surface area contributed by atoms with Crippen molar-refractivity contribution in [1.29, 1.82) is 0 Å². The van der Waals surface area contributed by atoms with Crippen molar-refractivity contribution in [3.05, 3.63) is 0 Å². The van der Waals surface area contributed by atoms with Crippen LogP contribution in [0.5, 0.6) is 0 Å². The summed E-state index contributed by atoms with van der Waals surface area (Å²) >= 11 is 33.5. The topological polar surface area (TPSA) is 3.24 Å². The van der Waals surface area contributed by atoms with Crippen molar-refractivity contribution in [3.8, 4) is 0 Å². The quantitative estimate of drug-likeness (QED) is 0.655. The van der Waals surface area contributed by atoms with Crippen molar-refractivity contribution >= 4 is 82.0 Å². The van der Waals surface area contributed by atoms with E-state index < -0.39 is 14.5 Å². The van der Waals surface area contributed by atoms with E-state index in [2.05, 4.69) is 0 Å². The van der Waals surface area contributed by atoms with E-state index >= 15 is 0 Å². The van der Waals surface area contributed by atoms with E-state index in [0.29, 0.717) is 19.6 Å². The molecular formula is C6H10Cl7N. The molecule has 14 heavy (non-hydrogen) atoms. The Kier molecular flexibility index (Phi) is 13.3. The van der Waals surface area contributed by atoms with Crippen LogP contribution in [0, 0.1) is 0 Å². The Hall–Kier alpha value is 1.99. The van der Waals surface area contributed by atoms with E-state index in [4.69, 9.17) is 69.6 Å². The Morgan fingerprint density at radius 1 is 0.643 bits per heavy atom. The Morgan fingerprint density at radius 2 is 0.857 bits per heavy atom. The zero-order valence-corrected chi connectivity index (χ0v) is 12.3. The van der Waals surface area contributed by atoms with Crippen LogP contribution >= 0.6 is 82.0 Å². The maximum absolute atomic E-state index is 5.59. The molecule has 0 N–H and O–H groups in total. The maximum atomic E-state index is 5.59. The third kappa shape index (κ3) is 12.1. The van der Waals surface area contributed by atoms with Crippen LogP contribution in [0.2, 0.25) is 0 Å². The van der Waals surface area contributed by atoms with Gasteiger partial charge in [0.15, 0.2) is 0 Å². The van der Waals surface area contributed by atoms with Crippen molar-refractivity contribution < 1.29 is 0 Å². The number of hydrogen-bond acceptors (Lipinski definition) is 1. The lowest BCUT2D eigenvalue weighted by Gasteiger charge is -2.23. The SMILES string of the molecule is Cl.ClC(Cl)CN(CC(Cl)Cl)CC(Cl)Cl. The summed E-state index contributed by atoms with van der Waals surface area (Å²) in [5.74, 6) is 0. The fourth-order valence-corrected chi connectivity index (χ4v) is 1.98. The van der Waals surface area contributed by atoms with Crippen molar-refractivity contribution in [1.82, 2.24) is 4.90 Å². The lowest BCUT2D eigenvalue weighted by molar-refractivity contribution is 0.309. The van der Waals surface area contributed by atoms with E-state index in [1.165, 1.54) is 0 Å². The third-order valence-electron chi connectivity index (χ3n) is 1.19. The van der Waals surface area contributed by atoms with Crippen LogP contribution < -0.4 is 0 Å². The lowest BCUT2D eigenvalue weighted by Crippen LogP contribution is -2.35. The van der Waals surface area contributed by atoms with Crippen LogP contribution in [-0.4, -0.2) is 39.0 Å². The highest BCUT2D eigenvalue weighted by molar-refractivity contribution is 6.45. The molecule has 0 aliphatic carbocycles. The van der Waals surface area contributed by atoms with Crippen molar-refractivity contribution in [2.24, 2.45) is 0 Å². The second kappa shape index (κ2) is 10.2. The summed E-state index contributed by atoms with van der Waals surface area (Å²) in [5, 5.41) is 0. The number of nitrogens with zero attached hydrogens (tertiary/aromatic N) is 1. The van der Waals surface area contributed by atoms with Gasteiger partial charge in [-0.25, -0.2) is 0 Å². The van der Waals surface area contributed by atoms with Crippen molar-refractivity contribution in [2.75, 3.05) is 19.6 Å². The molecule has 0 atom stereocenters. The monoisotopic (exact) mass is 341 g/mol. The number of rotatable bonds is 6. The van der Waals surface area contributed by atoms with Gasteiger partial charge in [0.25, 0.3) is 0 Å². The molecule has 0 spiro atoms. The molecule has 0 saturated carbocycles. The molecule has 0 unspecified atom stereocenters. The van der Waals surface area contributed by atoms with Gasteiger partial charge in [0.05, 0.1) is 0 Å². The minimum atomic E-state index is -0.501. The average molecular weight is 344 g/mol. The molecule has 0 rings (SSSR count). The second-order valence-electron chi connectivity index (χ2n) is 2.39. The minimum absolute atomic E-state index is 0. The highest BCUT2D eigenvalue weighted by Crippen LogP contribution is 2.13. The summed E-state index contributed by atoms with van der Waals surface area (Å²) < 4.78 is 0. The third-order valence-corrected chi connectivity index (χ3v) is 2.02. The van der Waals surface area contributed by atoms with Gasteiger partial charge in [-0.3, -0.25) is 4.90 Å². The first kappa shape index (κ1) is 18.4. The molecule has 0 radical (unpaired) electrons. The van der Waals surface area contributed by atoms with Gasteiger partial charge in [-0.05, 0) is 0 Å². The normalized spacial score (nSPS) is 11.6. The molecule has 0 heterocycles. The van der Waals surface area contributed by atoms with E-state index in [1.807, 2.05) is 0 Å². The first-order chi connectivity index (χ1) is 5.91. The molecule has 0 bridgehead atoms. The van der Waals surface area contributed by atoms with E-state index in [-0.39, 0.29) is 12.4 Å². The van der Waals surface area contributed by atoms with Crippen LogP contribution in [-0.2, 0) is 0 Å². The highest BCUT2D eigenvalue weighted by Gasteiger charge is 2.15. The molecule has 0 aromatic heterocycles. The highest BCUT2D eigenvalue weighted by atomic mass is 35.5. The Morgan fingerprint density at radius 3 is 1.00 bits per heavy atom. The molecule has 0 aromatic carbocycles. The molecule has 0 amide bonds. The van der Waals surface area contributed by atoms with Crippen molar-refractivity contribution in [2.45, 2.75) is 14.5 Å². The largest absolute Gasteiger partial charge is 0.295 e. The molecule has 0 fully saturated rings. The molecule has 0 saturated heterocycles. The number of hydrogen-bond donors (Lipinski definition) is 0. The van der Waals surface area contributed by atoms with Gasteiger partial charge in [-0.1, -0.05) is 0 Å². The molecule has 0 aliphatic heterocycles. The second-order valence-corrected chi connectivity index (χ2v) is 6.22. The molecule has 8 heteroatoms. The first-order valence-corrected chi connectivity index (χ1v) is 6.10. The predicted octanol–water partition coefficient (Wildman–Crippen LogP) is 4.12. The maximum Gasteiger partial charge on any atom is 0.120 e. The van der Waals surface area contributed by atoms with Crippen LogP contribution in [0.4, 0.5) is 0 Å². The van der Waals surface area contributed by atoms with Gasteiger partial charge in [-0.15, -0.1) is 82.0 Å². The van der Waals surface area contributed by atoms with Crippen molar-refractivity contribution in [3.63, 3.8) is 0 Å². The summed E-state index contributed by atoms with van der Waals surface area (Å²) in [7, 11) is 0. The van der Waals surface area contributed by atoms with Gasteiger partial charge < -0.3 is 0 Å². The Bertz CT molecular complexity index is 106. The average Bonchev–Trinajstić information content (AvgIpc) is 1.80. The van der Waals surface area contributed by atoms with E-state index in [0.717, 1.165) is 0 Å². The summed E-state index contributed by atoms with van der Waals surface area (Å²) in [6, 6.07) is 0. The molecule has 1 nitrogen and oxygen atoms in total. The van der Waals surface area contributed by atoms with Gasteiger partial charge in [0.2, 0.25) is 0 Å². The molecule has 0 aliphatic rings. The Balaban J connectivity index is 0. The van der Waals surface area contributed by atoms with Gasteiger partial charge in [-0.2, -0.15) is 0 Å². The fraction of sp³-hybridized carbons (Fsp3) is 1.00. The lowest BCUT2D eigenvalue weighted by atomic mass is 10.5. The number of halogens is 7. The van der Waals surface area contributed by atoms with Crippen LogP contribution in [0.1, 0.15) is 0 Å². The van der Waals surface area contributed by atoms with Gasteiger partial charge >= 0.3 is 0 Å². The van der Waals surface area contributed by atoms with E-state index in [9.17, 15) is 0 Å². The first-order valence-electron chi connectivity index (χ1n) is 3.48. The van der Waals surface area contributed by atoms with Crippen LogP contribution in [0.25, 0.3) is 0 Å². The van der Waals surface area contributed by atoms with Crippen LogP contribution in [0.15, 0.2) is 0 Å². The summed E-state index contributed by atoms with van der Waals surface area (Å²) in [6.45, 7) is 1.32. The minimum Gasteiger partial charge on any atom is -0.295 e. The zero-order valence-electron chi connectivity index (χ0n) is 6.98. The van der Waals surface area contributed by atoms with E-state index in [1.54, 1.807) is 4.90 Å². The van der Waals surface area contributed by atoms with Gasteiger partial charge in [0, 0.05) is 19.6 Å². The summed E-state index contributed by atoms with van der Waals surface area (Å²) in [6.07, 6.45) is 0. The zero-order chi connectivity index (χ0) is 10.4.